The lowest BCUT2D eigenvalue weighted by Crippen LogP contribution is -2.49. The minimum absolute atomic E-state index is 0.165. The monoisotopic (exact) mass is 267 g/mol. The maximum absolute atomic E-state index is 12.2. The molecule has 2 heterocycles. The van der Waals surface area contributed by atoms with Crippen LogP contribution in [0.15, 0.2) is 11.6 Å². The van der Waals surface area contributed by atoms with Gasteiger partial charge in [0.25, 0.3) is 0 Å². The second-order valence-electron chi connectivity index (χ2n) is 5.32. The third-order valence-electron chi connectivity index (χ3n) is 3.59. The molecule has 1 aliphatic heterocycles. The van der Waals surface area contributed by atoms with Crippen LogP contribution in [0, 0.1) is 5.41 Å². The largest absolute Gasteiger partial charge is 0.355 e. The van der Waals surface area contributed by atoms with Crippen LogP contribution in [0.5, 0.6) is 0 Å². The fourth-order valence-corrected chi connectivity index (χ4v) is 2.97. The van der Waals surface area contributed by atoms with Crippen LogP contribution in [0.4, 0.5) is 0 Å². The first-order valence-electron chi connectivity index (χ1n) is 6.50. The third kappa shape index (κ3) is 3.09. The number of nitrogens with one attached hydrogen (secondary N) is 2. The van der Waals surface area contributed by atoms with Crippen LogP contribution in [0.2, 0.25) is 0 Å². The number of piperidine rings is 1. The molecule has 2 N–H and O–H groups in total. The number of hydrogen-bond acceptors (Lipinski definition) is 4. The summed E-state index contributed by atoms with van der Waals surface area (Å²) in [5.41, 5.74) is -0.249. The Morgan fingerprint density at radius 1 is 1.72 bits per heavy atom. The molecule has 0 radical (unpaired) electrons. The highest BCUT2D eigenvalue weighted by Gasteiger charge is 2.34. The predicted octanol–water partition coefficient (Wildman–Crippen LogP) is 1.75. The Morgan fingerprint density at radius 2 is 2.56 bits per heavy atom. The lowest BCUT2D eigenvalue weighted by atomic mass is 9.82. The zero-order chi connectivity index (χ0) is 13.0. The van der Waals surface area contributed by atoms with Gasteiger partial charge in [-0.3, -0.25) is 4.79 Å². The molecule has 5 heteroatoms. The highest BCUT2D eigenvalue weighted by atomic mass is 32.1. The lowest BCUT2D eigenvalue weighted by molar-refractivity contribution is -0.131. The quantitative estimate of drug-likeness (QED) is 0.874. The molecule has 0 spiro atoms. The maximum Gasteiger partial charge on any atom is 0.227 e. The molecule has 1 fully saturated rings. The molecule has 18 heavy (non-hydrogen) atoms. The van der Waals surface area contributed by atoms with Gasteiger partial charge in [0.2, 0.25) is 5.91 Å². The van der Waals surface area contributed by atoms with Gasteiger partial charge >= 0.3 is 0 Å². The SMILES string of the molecule is CC(CNC(=O)C1(C)CCCNC1)c1nccs1. The van der Waals surface area contributed by atoms with Crippen molar-refractivity contribution in [3.05, 3.63) is 16.6 Å². The molecule has 2 unspecified atom stereocenters. The Kier molecular flexibility index (Phi) is 4.35. The maximum atomic E-state index is 12.2. The molecule has 1 saturated heterocycles. The van der Waals surface area contributed by atoms with Crippen molar-refractivity contribution in [3.63, 3.8) is 0 Å². The van der Waals surface area contributed by atoms with Gasteiger partial charge in [-0.2, -0.15) is 0 Å². The van der Waals surface area contributed by atoms with Crippen LogP contribution in [0.25, 0.3) is 0 Å². The van der Waals surface area contributed by atoms with E-state index in [1.807, 2.05) is 18.5 Å². The van der Waals surface area contributed by atoms with Crippen molar-refractivity contribution >= 4 is 17.2 Å². The van der Waals surface area contributed by atoms with Crippen LogP contribution < -0.4 is 10.6 Å². The highest BCUT2D eigenvalue weighted by Crippen LogP contribution is 2.26. The molecule has 0 bridgehead atoms. The Hall–Kier alpha value is -0.940. The second kappa shape index (κ2) is 5.80. The Bertz CT molecular complexity index is 385. The Morgan fingerprint density at radius 3 is 3.17 bits per heavy atom. The number of carbonyl (C=O) groups is 1. The highest BCUT2D eigenvalue weighted by molar-refractivity contribution is 7.09. The van der Waals surface area contributed by atoms with E-state index in [9.17, 15) is 4.79 Å². The summed E-state index contributed by atoms with van der Waals surface area (Å²) in [7, 11) is 0. The number of nitrogens with zero attached hydrogens (tertiary/aromatic N) is 1. The summed E-state index contributed by atoms with van der Waals surface area (Å²) in [5, 5.41) is 9.43. The molecule has 4 nitrogen and oxygen atoms in total. The Balaban J connectivity index is 1.84. The van der Waals surface area contributed by atoms with Crippen molar-refractivity contribution in [1.82, 2.24) is 15.6 Å². The van der Waals surface area contributed by atoms with E-state index in [0.717, 1.165) is 30.9 Å². The first-order chi connectivity index (χ1) is 8.62. The van der Waals surface area contributed by atoms with Gasteiger partial charge in [-0.05, 0) is 26.3 Å². The van der Waals surface area contributed by atoms with Gasteiger partial charge in [0.1, 0.15) is 0 Å². The standard InChI is InChI=1S/C13H21N3OS/c1-10(11-15-6-7-18-11)8-16-12(17)13(2)4-3-5-14-9-13/h6-7,10,14H,3-5,8-9H2,1-2H3,(H,16,17). The van der Waals surface area contributed by atoms with Crippen LogP contribution in [0.3, 0.4) is 0 Å². The summed E-state index contributed by atoms with van der Waals surface area (Å²) in [6.45, 7) is 6.62. The van der Waals surface area contributed by atoms with Gasteiger partial charge in [-0.25, -0.2) is 4.98 Å². The Labute approximate surface area is 112 Å². The molecular weight excluding hydrogens is 246 g/mol. The lowest BCUT2D eigenvalue weighted by Gasteiger charge is -2.32. The van der Waals surface area contributed by atoms with Crippen molar-refractivity contribution in [3.8, 4) is 0 Å². The summed E-state index contributed by atoms with van der Waals surface area (Å²) in [5.74, 6) is 0.451. The number of aromatic nitrogens is 1. The smallest absolute Gasteiger partial charge is 0.227 e. The van der Waals surface area contributed by atoms with Crippen LogP contribution in [-0.4, -0.2) is 30.5 Å². The third-order valence-corrected chi connectivity index (χ3v) is 4.59. The van der Waals surface area contributed by atoms with Crippen molar-refractivity contribution in [1.29, 1.82) is 0 Å². The van der Waals surface area contributed by atoms with E-state index in [-0.39, 0.29) is 17.2 Å². The zero-order valence-electron chi connectivity index (χ0n) is 11.0. The van der Waals surface area contributed by atoms with Crippen molar-refractivity contribution < 1.29 is 4.79 Å². The van der Waals surface area contributed by atoms with Gasteiger partial charge < -0.3 is 10.6 Å². The van der Waals surface area contributed by atoms with E-state index in [0.29, 0.717) is 6.54 Å². The zero-order valence-corrected chi connectivity index (χ0v) is 11.8. The molecule has 1 amide bonds. The van der Waals surface area contributed by atoms with Crippen molar-refractivity contribution in [2.75, 3.05) is 19.6 Å². The number of rotatable bonds is 4. The molecule has 2 rings (SSSR count). The predicted molar refractivity (Wildman–Crippen MR) is 73.7 cm³/mol. The topological polar surface area (TPSA) is 54.0 Å². The summed E-state index contributed by atoms with van der Waals surface area (Å²) in [6.07, 6.45) is 3.86. The minimum atomic E-state index is -0.249. The van der Waals surface area contributed by atoms with E-state index < -0.39 is 0 Å². The molecule has 1 aromatic rings. The van der Waals surface area contributed by atoms with Gasteiger partial charge in [-0.15, -0.1) is 11.3 Å². The van der Waals surface area contributed by atoms with Crippen LogP contribution >= 0.6 is 11.3 Å². The average Bonchev–Trinajstić information content (AvgIpc) is 2.90. The van der Waals surface area contributed by atoms with Gasteiger partial charge in [0.15, 0.2) is 0 Å². The van der Waals surface area contributed by atoms with Gasteiger partial charge in [-0.1, -0.05) is 6.92 Å². The van der Waals surface area contributed by atoms with E-state index in [1.54, 1.807) is 11.3 Å². The average molecular weight is 267 g/mol. The van der Waals surface area contributed by atoms with Crippen LogP contribution in [0.1, 0.15) is 37.6 Å². The number of thiazole rings is 1. The molecule has 100 valence electrons. The van der Waals surface area contributed by atoms with E-state index >= 15 is 0 Å². The summed E-state index contributed by atoms with van der Waals surface area (Å²) < 4.78 is 0. The molecule has 1 aromatic heterocycles. The summed E-state index contributed by atoms with van der Waals surface area (Å²) in [4.78, 5) is 16.5. The molecule has 2 atom stereocenters. The molecule has 0 aliphatic carbocycles. The van der Waals surface area contributed by atoms with E-state index in [1.165, 1.54) is 0 Å². The molecule has 0 aromatic carbocycles. The molecule has 1 aliphatic rings. The summed E-state index contributed by atoms with van der Waals surface area (Å²) in [6, 6.07) is 0. The van der Waals surface area contributed by atoms with E-state index in [2.05, 4.69) is 22.5 Å². The normalized spacial score (nSPS) is 25.7. The first kappa shape index (κ1) is 13.5. The minimum Gasteiger partial charge on any atom is -0.355 e. The van der Waals surface area contributed by atoms with E-state index in [4.69, 9.17) is 0 Å². The van der Waals surface area contributed by atoms with Crippen LogP contribution in [-0.2, 0) is 4.79 Å². The fraction of sp³-hybridized carbons (Fsp3) is 0.692. The summed E-state index contributed by atoms with van der Waals surface area (Å²) >= 11 is 1.64. The molecule has 0 saturated carbocycles. The number of amides is 1. The van der Waals surface area contributed by atoms with Gasteiger partial charge in [0.05, 0.1) is 10.4 Å². The fourth-order valence-electron chi connectivity index (χ4n) is 2.27. The number of hydrogen-bond donors (Lipinski definition) is 2. The molecular formula is C13H21N3OS. The van der Waals surface area contributed by atoms with Crippen molar-refractivity contribution in [2.24, 2.45) is 5.41 Å². The first-order valence-corrected chi connectivity index (χ1v) is 7.38. The number of carbonyl (C=O) groups excluding carboxylic acids is 1. The second-order valence-corrected chi connectivity index (χ2v) is 6.25. The van der Waals surface area contributed by atoms with Gasteiger partial charge in [0, 0.05) is 30.6 Å². The van der Waals surface area contributed by atoms with Crippen molar-refractivity contribution in [2.45, 2.75) is 32.6 Å².